The lowest BCUT2D eigenvalue weighted by molar-refractivity contribution is 0.580. The zero-order valence-electron chi connectivity index (χ0n) is 10.3. The van der Waals surface area contributed by atoms with Crippen LogP contribution >= 0.6 is 12.2 Å². The lowest BCUT2D eigenvalue weighted by Crippen LogP contribution is -2.13. The van der Waals surface area contributed by atoms with Crippen LogP contribution in [-0.2, 0) is 0 Å². The van der Waals surface area contributed by atoms with Crippen LogP contribution in [0.3, 0.4) is 0 Å². The molecule has 0 unspecified atom stereocenters. The molecule has 3 heteroatoms. The van der Waals surface area contributed by atoms with Crippen LogP contribution in [0.25, 0.3) is 0 Å². The molecule has 1 fully saturated rings. The van der Waals surface area contributed by atoms with E-state index < -0.39 is 0 Å². The number of aryl methyl sites for hydroxylation is 1. The van der Waals surface area contributed by atoms with Gasteiger partial charge < -0.3 is 11.1 Å². The van der Waals surface area contributed by atoms with Crippen molar-refractivity contribution in [1.82, 2.24) is 0 Å². The summed E-state index contributed by atoms with van der Waals surface area (Å²) in [7, 11) is 0. The van der Waals surface area contributed by atoms with Gasteiger partial charge in [-0.25, -0.2) is 0 Å². The van der Waals surface area contributed by atoms with Crippen LogP contribution in [0.1, 0.15) is 36.8 Å². The molecule has 0 radical (unpaired) electrons. The molecular weight excluding hydrogens is 228 g/mol. The summed E-state index contributed by atoms with van der Waals surface area (Å²) in [5, 5.41) is 3.51. The van der Waals surface area contributed by atoms with Crippen LogP contribution in [0.2, 0.25) is 0 Å². The summed E-state index contributed by atoms with van der Waals surface area (Å²) >= 11 is 5.00. The predicted molar refractivity (Wildman–Crippen MR) is 77.5 cm³/mol. The Hall–Kier alpha value is -1.09. The minimum atomic E-state index is 0.477. The molecule has 0 aromatic heterocycles. The van der Waals surface area contributed by atoms with E-state index in [2.05, 4.69) is 24.4 Å². The Balaban J connectivity index is 1.97. The molecule has 0 heterocycles. The van der Waals surface area contributed by atoms with E-state index >= 15 is 0 Å². The van der Waals surface area contributed by atoms with Gasteiger partial charge >= 0.3 is 0 Å². The number of benzene rings is 1. The fraction of sp³-hybridized carbons (Fsp3) is 0.500. The average Bonchev–Trinajstić information content (AvgIpc) is 2.78. The van der Waals surface area contributed by atoms with Crippen molar-refractivity contribution in [2.45, 2.75) is 32.6 Å². The molecule has 92 valence electrons. The molecule has 3 N–H and O–H groups in total. The Labute approximate surface area is 109 Å². The number of anilines is 1. The summed E-state index contributed by atoms with van der Waals surface area (Å²) in [5.41, 5.74) is 8.95. The molecular formula is C14H20N2S. The summed E-state index contributed by atoms with van der Waals surface area (Å²) in [5.74, 6) is 0.852. The highest BCUT2D eigenvalue weighted by molar-refractivity contribution is 7.80. The Morgan fingerprint density at radius 3 is 2.71 bits per heavy atom. The first-order valence-corrected chi connectivity index (χ1v) is 6.72. The molecule has 2 rings (SSSR count). The largest absolute Gasteiger partial charge is 0.389 e. The lowest BCUT2D eigenvalue weighted by atomic mass is 10.1. The van der Waals surface area contributed by atoms with Crippen LogP contribution in [-0.4, -0.2) is 11.5 Å². The fourth-order valence-corrected chi connectivity index (χ4v) is 2.76. The zero-order chi connectivity index (χ0) is 12.3. The standard InChI is InChI=1S/C14H20N2S/c1-10-8-12(6-7-13(10)14(15)17)16-9-11-4-2-3-5-11/h6-8,11,16H,2-5,9H2,1H3,(H2,15,17). The van der Waals surface area contributed by atoms with E-state index in [4.69, 9.17) is 18.0 Å². The van der Waals surface area contributed by atoms with Gasteiger partial charge in [0.15, 0.2) is 0 Å². The van der Waals surface area contributed by atoms with Crippen LogP contribution < -0.4 is 11.1 Å². The van der Waals surface area contributed by atoms with E-state index in [1.54, 1.807) is 0 Å². The van der Waals surface area contributed by atoms with Crippen LogP contribution in [0.15, 0.2) is 18.2 Å². The van der Waals surface area contributed by atoms with Gasteiger partial charge in [-0.2, -0.15) is 0 Å². The minimum Gasteiger partial charge on any atom is -0.389 e. The van der Waals surface area contributed by atoms with Gasteiger partial charge in [-0.15, -0.1) is 0 Å². The maximum Gasteiger partial charge on any atom is 0.104 e. The molecule has 1 aliphatic carbocycles. The number of hydrogen-bond donors (Lipinski definition) is 2. The van der Waals surface area contributed by atoms with Gasteiger partial charge in [-0.1, -0.05) is 25.1 Å². The topological polar surface area (TPSA) is 38.0 Å². The van der Waals surface area contributed by atoms with Gasteiger partial charge in [0.25, 0.3) is 0 Å². The quantitative estimate of drug-likeness (QED) is 0.803. The molecule has 1 aromatic rings. The molecule has 0 saturated heterocycles. The van der Waals surface area contributed by atoms with Gasteiger partial charge in [-0.3, -0.25) is 0 Å². The third-order valence-corrected chi connectivity index (χ3v) is 3.78. The van der Waals surface area contributed by atoms with E-state index in [9.17, 15) is 0 Å². The molecule has 2 nitrogen and oxygen atoms in total. The number of nitrogens with two attached hydrogens (primary N) is 1. The molecule has 1 aliphatic rings. The summed E-state index contributed by atoms with van der Waals surface area (Å²) in [4.78, 5) is 0.477. The van der Waals surface area contributed by atoms with Crippen molar-refractivity contribution < 1.29 is 0 Å². The SMILES string of the molecule is Cc1cc(NCC2CCCC2)ccc1C(N)=S. The van der Waals surface area contributed by atoms with E-state index in [1.807, 2.05) is 6.07 Å². The van der Waals surface area contributed by atoms with E-state index in [0.717, 1.165) is 23.6 Å². The second-order valence-electron chi connectivity index (χ2n) is 4.93. The Kier molecular flexibility index (Phi) is 4.00. The third-order valence-electron chi connectivity index (χ3n) is 3.56. The third kappa shape index (κ3) is 3.19. The Bertz CT molecular complexity index is 409. The highest BCUT2D eigenvalue weighted by Crippen LogP contribution is 2.25. The van der Waals surface area contributed by atoms with Crippen molar-refractivity contribution in [3.8, 4) is 0 Å². The van der Waals surface area contributed by atoms with Crippen molar-refractivity contribution >= 4 is 22.9 Å². The van der Waals surface area contributed by atoms with Crippen LogP contribution in [0.4, 0.5) is 5.69 Å². The molecule has 1 aromatic carbocycles. The number of rotatable bonds is 4. The first kappa shape index (κ1) is 12.4. The van der Waals surface area contributed by atoms with E-state index in [1.165, 1.54) is 31.4 Å². The maximum atomic E-state index is 5.65. The van der Waals surface area contributed by atoms with Gasteiger partial charge in [0.2, 0.25) is 0 Å². The van der Waals surface area contributed by atoms with Gasteiger partial charge in [-0.05, 0) is 49.4 Å². The predicted octanol–water partition coefficient (Wildman–Crippen LogP) is 3.23. The maximum absolute atomic E-state index is 5.65. The highest BCUT2D eigenvalue weighted by atomic mass is 32.1. The number of nitrogens with one attached hydrogen (secondary N) is 1. The molecule has 0 bridgehead atoms. The van der Waals surface area contributed by atoms with Crippen molar-refractivity contribution in [2.75, 3.05) is 11.9 Å². The van der Waals surface area contributed by atoms with Gasteiger partial charge in [0.05, 0.1) is 0 Å². The monoisotopic (exact) mass is 248 g/mol. The summed E-state index contributed by atoms with van der Waals surface area (Å²) in [6.45, 7) is 3.14. The second kappa shape index (κ2) is 5.50. The van der Waals surface area contributed by atoms with Gasteiger partial charge in [0, 0.05) is 17.8 Å². The summed E-state index contributed by atoms with van der Waals surface area (Å²) in [6.07, 6.45) is 5.53. The minimum absolute atomic E-state index is 0.477. The summed E-state index contributed by atoms with van der Waals surface area (Å²) in [6, 6.07) is 6.20. The Morgan fingerprint density at radius 2 is 2.12 bits per heavy atom. The normalized spacial score (nSPS) is 16.1. The zero-order valence-corrected chi connectivity index (χ0v) is 11.1. The van der Waals surface area contributed by atoms with Crippen molar-refractivity contribution in [1.29, 1.82) is 0 Å². The van der Waals surface area contributed by atoms with Gasteiger partial charge in [0.1, 0.15) is 4.99 Å². The average molecular weight is 248 g/mol. The van der Waals surface area contributed by atoms with Crippen LogP contribution in [0.5, 0.6) is 0 Å². The highest BCUT2D eigenvalue weighted by Gasteiger charge is 2.14. The fourth-order valence-electron chi connectivity index (χ4n) is 2.53. The first-order valence-electron chi connectivity index (χ1n) is 6.31. The second-order valence-corrected chi connectivity index (χ2v) is 5.37. The molecule has 1 saturated carbocycles. The molecule has 0 aliphatic heterocycles. The molecule has 0 atom stereocenters. The van der Waals surface area contributed by atoms with Crippen molar-refractivity contribution in [2.24, 2.45) is 11.7 Å². The molecule has 0 spiro atoms. The van der Waals surface area contributed by atoms with Crippen molar-refractivity contribution in [3.63, 3.8) is 0 Å². The molecule has 0 amide bonds. The molecule has 17 heavy (non-hydrogen) atoms. The summed E-state index contributed by atoms with van der Waals surface area (Å²) < 4.78 is 0. The van der Waals surface area contributed by atoms with Crippen LogP contribution in [0, 0.1) is 12.8 Å². The first-order chi connectivity index (χ1) is 8.16. The number of hydrogen-bond acceptors (Lipinski definition) is 2. The Morgan fingerprint density at radius 1 is 1.41 bits per heavy atom. The number of thiocarbonyl (C=S) groups is 1. The lowest BCUT2D eigenvalue weighted by Gasteiger charge is -2.13. The van der Waals surface area contributed by atoms with E-state index in [-0.39, 0.29) is 0 Å². The van der Waals surface area contributed by atoms with Crippen molar-refractivity contribution in [3.05, 3.63) is 29.3 Å². The van der Waals surface area contributed by atoms with E-state index in [0.29, 0.717) is 4.99 Å². The smallest absolute Gasteiger partial charge is 0.104 e.